The molecule has 0 aromatic heterocycles. The smallest absolute Gasteiger partial charge is 0.408 e. The molecule has 0 bridgehead atoms. The van der Waals surface area contributed by atoms with Crippen LogP contribution in [0.2, 0.25) is 0 Å². The number of amides is 1. The summed E-state index contributed by atoms with van der Waals surface area (Å²) in [5, 5.41) is 2.56. The van der Waals surface area contributed by atoms with E-state index in [9.17, 15) is 14.4 Å². The van der Waals surface area contributed by atoms with Gasteiger partial charge in [0.25, 0.3) is 0 Å². The average Bonchev–Trinajstić information content (AvgIpc) is 2.76. The average molecular weight is 472 g/mol. The van der Waals surface area contributed by atoms with Crippen molar-refractivity contribution in [3.05, 3.63) is 53.6 Å². The lowest BCUT2D eigenvalue weighted by atomic mass is 10.0. The number of hydrogen-bond acceptors (Lipinski definition) is 8. The van der Waals surface area contributed by atoms with E-state index in [1.54, 1.807) is 51.1 Å². The van der Waals surface area contributed by atoms with Gasteiger partial charge in [-0.25, -0.2) is 9.59 Å². The van der Waals surface area contributed by atoms with Crippen LogP contribution in [0.25, 0.3) is 0 Å². The van der Waals surface area contributed by atoms with Crippen molar-refractivity contribution in [2.45, 2.75) is 51.9 Å². The molecule has 0 fully saturated rings. The molecule has 9 nitrogen and oxygen atoms in total. The summed E-state index contributed by atoms with van der Waals surface area (Å²) in [6.07, 6.45) is -0.853. The van der Waals surface area contributed by atoms with Gasteiger partial charge in [0, 0.05) is 13.3 Å². The Morgan fingerprint density at radius 2 is 1.79 bits per heavy atom. The van der Waals surface area contributed by atoms with Crippen molar-refractivity contribution in [3.63, 3.8) is 0 Å². The quantitative estimate of drug-likeness (QED) is 0.501. The van der Waals surface area contributed by atoms with Crippen molar-refractivity contribution in [1.29, 1.82) is 0 Å². The molecule has 0 radical (unpaired) electrons. The van der Waals surface area contributed by atoms with Crippen molar-refractivity contribution >= 4 is 18.0 Å². The first-order valence-electron chi connectivity index (χ1n) is 10.8. The van der Waals surface area contributed by atoms with Crippen molar-refractivity contribution in [1.82, 2.24) is 5.32 Å². The first-order valence-corrected chi connectivity index (χ1v) is 10.8. The molecule has 1 N–H and O–H groups in total. The molecule has 1 aliphatic rings. The fourth-order valence-electron chi connectivity index (χ4n) is 3.34. The minimum absolute atomic E-state index is 0.184. The molecule has 2 atom stereocenters. The maximum Gasteiger partial charge on any atom is 0.408 e. The highest BCUT2D eigenvalue weighted by molar-refractivity contribution is 5.81. The zero-order valence-electron chi connectivity index (χ0n) is 19.9. The molecule has 1 aliphatic heterocycles. The van der Waals surface area contributed by atoms with Gasteiger partial charge in [-0.05, 0) is 56.2 Å². The Bertz CT molecular complexity index is 1040. The van der Waals surface area contributed by atoms with Crippen LogP contribution in [0.3, 0.4) is 0 Å². The van der Waals surface area contributed by atoms with Crippen LogP contribution in [0.5, 0.6) is 17.2 Å². The van der Waals surface area contributed by atoms with E-state index in [2.05, 4.69) is 5.32 Å². The van der Waals surface area contributed by atoms with Crippen LogP contribution >= 0.6 is 0 Å². The molecule has 0 aliphatic carbocycles. The third-order valence-electron chi connectivity index (χ3n) is 4.80. The number of benzene rings is 2. The van der Waals surface area contributed by atoms with E-state index in [0.29, 0.717) is 17.2 Å². The van der Waals surface area contributed by atoms with Crippen molar-refractivity contribution in [3.8, 4) is 17.2 Å². The molecular weight excluding hydrogens is 442 g/mol. The summed E-state index contributed by atoms with van der Waals surface area (Å²) >= 11 is 0. The van der Waals surface area contributed by atoms with E-state index >= 15 is 0 Å². The van der Waals surface area contributed by atoms with Gasteiger partial charge in [-0.1, -0.05) is 18.2 Å². The maximum absolute atomic E-state index is 12.2. The summed E-state index contributed by atoms with van der Waals surface area (Å²) in [6.45, 7) is 6.84. The minimum atomic E-state index is -0.925. The second-order valence-corrected chi connectivity index (χ2v) is 8.79. The van der Waals surface area contributed by atoms with Gasteiger partial charge in [0.2, 0.25) is 0 Å². The van der Waals surface area contributed by atoms with Gasteiger partial charge in [-0.2, -0.15) is 0 Å². The van der Waals surface area contributed by atoms with Gasteiger partial charge in [0.05, 0.1) is 7.11 Å². The van der Waals surface area contributed by atoms with Gasteiger partial charge >= 0.3 is 18.0 Å². The Balaban J connectivity index is 1.67. The first-order chi connectivity index (χ1) is 16.0. The Labute approximate surface area is 198 Å². The zero-order chi connectivity index (χ0) is 24.9. The number of fused-ring (bicyclic) bond motifs is 1. The molecule has 3 rings (SSSR count). The Kier molecular flexibility index (Phi) is 7.65. The third-order valence-corrected chi connectivity index (χ3v) is 4.80. The Morgan fingerprint density at radius 1 is 1.09 bits per heavy atom. The van der Waals surface area contributed by atoms with E-state index in [1.807, 2.05) is 12.1 Å². The number of nitrogens with one attached hydrogen (secondary N) is 1. The number of alkyl carbamates (subject to hydrolysis) is 1. The van der Waals surface area contributed by atoms with Crippen LogP contribution in [0.15, 0.2) is 42.5 Å². The molecule has 1 heterocycles. The zero-order valence-corrected chi connectivity index (χ0v) is 19.9. The molecule has 182 valence electrons. The van der Waals surface area contributed by atoms with Gasteiger partial charge < -0.3 is 29.0 Å². The van der Waals surface area contributed by atoms with E-state index in [0.717, 1.165) is 11.1 Å². The van der Waals surface area contributed by atoms with Crippen LogP contribution in [0.4, 0.5) is 4.79 Å². The molecule has 2 aromatic carbocycles. The number of rotatable bonds is 6. The van der Waals surface area contributed by atoms with E-state index in [1.165, 1.54) is 14.0 Å². The van der Waals surface area contributed by atoms with Gasteiger partial charge in [-0.15, -0.1) is 0 Å². The summed E-state index contributed by atoms with van der Waals surface area (Å²) in [5.74, 6) is 0.576. The van der Waals surface area contributed by atoms with Gasteiger partial charge in [0.1, 0.15) is 24.0 Å². The first kappa shape index (κ1) is 24.9. The molecule has 0 unspecified atom stereocenters. The molecule has 0 spiro atoms. The summed E-state index contributed by atoms with van der Waals surface area (Å²) < 4.78 is 27.1. The lowest BCUT2D eigenvalue weighted by Gasteiger charge is -2.27. The fourth-order valence-corrected chi connectivity index (χ4v) is 3.34. The minimum Gasteiger partial charge on any atom is -0.485 e. The lowest BCUT2D eigenvalue weighted by Crippen LogP contribution is -2.45. The van der Waals surface area contributed by atoms with Crippen molar-refractivity contribution in [2.75, 3.05) is 13.7 Å². The number of hydrogen-bond donors (Lipinski definition) is 1. The van der Waals surface area contributed by atoms with Gasteiger partial charge in [-0.3, -0.25) is 4.79 Å². The SMILES string of the molecule is COC(=O)[C@H](Cc1ccc2c(c1)OC[C@H](c1ccc(OC(C)=O)cc1)O2)NC(=O)OC(C)(C)C. The fraction of sp³-hybridized carbons (Fsp3) is 0.400. The highest BCUT2D eigenvalue weighted by Gasteiger charge is 2.27. The standard InChI is InChI=1S/C25H29NO8/c1-15(27)32-18-9-7-17(8-10-18)22-14-31-21-13-16(6-11-20(21)33-22)12-19(23(28)30-5)26-24(29)34-25(2,3)4/h6-11,13,19,22H,12,14H2,1-5H3,(H,26,29)/t19-,22+/m0/s1. The number of methoxy groups -OCH3 is 1. The molecular formula is C25H29NO8. The van der Waals surface area contributed by atoms with E-state index < -0.39 is 23.7 Å². The summed E-state index contributed by atoms with van der Waals surface area (Å²) in [7, 11) is 1.26. The lowest BCUT2D eigenvalue weighted by molar-refractivity contribution is -0.143. The second-order valence-electron chi connectivity index (χ2n) is 8.79. The summed E-state index contributed by atoms with van der Waals surface area (Å²) in [5.41, 5.74) is 0.926. The maximum atomic E-state index is 12.2. The molecule has 0 saturated heterocycles. The number of carbonyl (C=O) groups is 3. The van der Waals surface area contributed by atoms with E-state index in [-0.39, 0.29) is 25.1 Å². The number of carbonyl (C=O) groups excluding carboxylic acids is 3. The predicted octanol–water partition coefficient (Wildman–Crippen LogP) is 3.73. The van der Waals surface area contributed by atoms with Crippen LogP contribution < -0.4 is 19.5 Å². The van der Waals surface area contributed by atoms with Crippen molar-refractivity contribution in [2.24, 2.45) is 0 Å². The molecule has 0 saturated carbocycles. The van der Waals surface area contributed by atoms with Crippen LogP contribution in [0.1, 0.15) is 44.9 Å². The highest BCUT2D eigenvalue weighted by atomic mass is 16.6. The summed E-state index contributed by atoms with van der Waals surface area (Å²) in [4.78, 5) is 35.4. The molecule has 1 amide bonds. The third kappa shape index (κ3) is 6.87. The summed E-state index contributed by atoms with van der Waals surface area (Å²) in [6, 6.07) is 11.4. The second kappa shape index (κ2) is 10.5. The predicted molar refractivity (Wildman–Crippen MR) is 122 cm³/mol. The molecule has 9 heteroatoms. The van der Waals surface area contributed by atoms with Crippen LogP contribution in [0, 0.1) is 0 Å². The van der Waals surface area contributed by atoms with Crippen LogP contribution in [-0.2, 0) is 25.5 Å². The van der Waals surface area contributed by atoms with Crippen molar-refractivity contribution < 1.29 is 38.1 Å². The molecule has 2 aromatic rings. The Hall–Kier alpha value is -3.75. The number of ether oxygens (including phenoxy) is 5. The monoisotopic (exact) mass is 471 g/mol. The van der Waals surface area contributed by atoms with E-state index in [4.69, 9.17) is 23.7 Å². The number of esters is 2. The normalized spacial score (nSPS) is 15.6. The Morgan fingerprint density at radius 3 is 2.41 bits per heavy atom. The highest BCUT2D eigenvalue weighted by Crippen LogP contribution is 2.37. The van der Waals surface area contributed by atoms with Crippen LogP contribution in [-0.4, -0.2) is 43.4 Å². The molecule has 34 heavy (non-hydrogen) atoms. The topological polar surface area (TPSA) is 109 Å². The van der Waals surface area contributed by atoms with Gasteiger partial charge in [0.15, 0.2) is 17.6 Å². The largest absolute Gasteiger partial charge is 0.485 e.